The maximum absolute atomic E-state index is 12.8. The molecule has 0 spiro atoms. The maximum atomic E-state index is 12.8. The number of ether oxygens (including phenoxy) is 1. The highest BCUT2D eigenvalue weighted by Crippen LogP contribution is 2.11. The van der Waals surface area contributed by atoms with Crippen LogP contribution < -0.4 is 5.32 Å². The molecule has 0 saturated heterocycles. The summed E-state index contributed by atoms with van der Waals surface area (Å²) in [5.74, 6) is -0.869. The van der Waals surface area contributed by atoms with Crippen LogP contribution in [0.1, 0.15) is 34.9 Å². The number of Topliss-reactive ketones (excluding diaryl/α,β-unsaturated/α-hetero) is 1. The summed E-state index contributed by atoms with van der Waals surface area (Å²) < 4.78 is 18.0. The van der Waals surface area contributed by atoms with Crippen LogP contribution in [0, 0.1) is 5.82 Å². The summed E-state index contributed by atoms with van der Waals surface area (Å²) in [5.41, 5.74) is 1.08. The van der Waals surface area contributed by atoms with Crippen LogP contribution in [0.4, 0.5) is 4.39 Å². The summed E-state index contributed by atoms with van der Waals surface area (Å²) in [5, 5.41) is 2.81. The number of aromatic nitrogens is 1. The van der Waals surface area contributed by atoms with Crippen molar-refractivity contribution in [3.8, 4) is 0 Å². The predicted octanol–water partition coefficient (Wildman–Crippen LogP) is 2.69. The smallest absolute Gasteiger partial charge is 0.221 e. The second kappa shape index (κ2) is 8.88. The van der Waals surface area contributed by atoms with Crippen molar-refractivity contribution in [1.29, 1.82) is 0 Å². The fourth-order valence-corrected chi connectivity index (χ4v) is 2.22. The number of carbonyl (C=O) groups excluding carboxylic acids is 2. The van der Waals surface area contributed by atoms with E-state index in [4.69, 9.17) is 4.74 Å². The number of methoxy groups -OCH3 is 1. The summed E-state index contributed by atoms with van der Waals surface area (Å²) in [6, 6.07) is 10.3. The average Bonchev–Trinajstić information content (AvgIpc) is 2.60. The summed E-state index contributed by atoms with van der Waals surface area (Å²) in [6.45, 7) is 0.286. The Hall–Kier alpha value is -2.60. The zero-order valence-corrected chi connectivity index (χ0v) is 13.4. The largest absolute Gasteiger partial charge is 0.382 e. The van der Waals surface area contributed by atoms with Crippen LogP contribution in [0.3, 0.4) is 0 Å². The molecule has 0 radical (unpaired) electrons. The number of rotatable bonds is 8. The molecule has 1 N–H and O–H groups in total. The van der Waals surface area contributed by atoms with Gasteiger partial charge in [0.25, 0.3) is 0 Å². The molecule has 0 bridgehead atoms. The second-order valence-corrected chi connectivity index (χ2v) is 5.26. The molecule has 1 aromatic carbocycles. The van der Waals surface area contributed by atoms with Gasteiger partial charge in [-0.15, -0.1) is 0 Å². The van der Waals surface area contributed by atoms with Crippen LogP contribution in [-0.4, -0.2) is 30.4 Å². The lowest BCUT2D eigenvalue weighted by Crippen LogP contribution is -2.32. The van der Waals surface area contributed by atoms with Crippen molar-refractivity contribution in [3.63, 3.8) is 0 Å². The van der Waals surface area contributed by atoms with Crippen LogP contribution in [-0.2, 0) is 9.53 Å². The average molecular weight is 330 g/mol. The van der Waals surface area contributed by atoms with E-state index < -0.39 is 5.82 Å². The lowest BCUT2D eigenvalue weighted by molar-refractivity contribution is -0.122. The van der Waals surface area contributed by atoms with Gasteiger partial charge in [0.1, 0.15) is 5.82 Å². The number of nitrogens with zero attached hydrogens (tertiary/aromatic N) is 1. The molecule has 0 fully saturated rings. The van der Waals surface area contributed by atoms with Gasteiger partial charge < -0.3 is 10.1 Å². The molecule has 1 aromatic heterocycles. The van der Waals surface area contributed by atoms with E-state index in [2.05, 4.69) is 10.3 Å². The van der Waals surface area contributed by atoms with Gasteiger partial charge in [-0.2, -0.15) is 0 Å². The minimum atomic E-state index is -0.401. The third-order valence-electron chi connectivity index (χ3n) is 3.46. The second-order valence-electron chi connectivity index (χ2n) is 5.26. The number of nitrogens with one attached hydrogen (secondary N) is 1. The van der Waals surface area contributed by atoms with E-state index in [9.17, 15) is 14.0 Å². The topological polar surface area (TPSA) is 68.3 Å². The van der Waals surface area contributed by atoms with E-state index in [1.54, 1.807) is 25.4 Å². The third-order valence-corrected chi connectivity index (χ3v) is 3.46. The number of halogens is 1. The minimum Gasteiger partial charge on any atom is -0.382 e. The Morgan fingerprint density at radius 3 is 2.54 bits per heavy atom. The van der Waals surface area contributed by atoms with Crippen molar-refractivity contribution in [2.24, 2.45) is 0 Å². The summed E-state index contributed by atoms with van der Waals surface area (Å²) in [7, 11) is 1.54. The van der Waals surface area contributed by atoms with Crippen molar-refractivity contribution >= 4 is 11.7 Å². The molecule has 0 aliphatic heterocycles. The first-order valence-corrected chi connectivity index (χ1v) is 7.58. The first kappa shape index (κ1) is 17.7. The predicted molar refractivity (Wildman–Crippen MR) is 87.0 cm³/mol. The summed E-state index contributed by atoms with van der Waals surface area (Å²) in [6.07, 6.45) is 1.74. The molecule has 6 heteroatoms. The molecule has 1 atom stereocenters. The number of benzene rings is 1. The maximum Gasteiger partial charge on any atom is 0.221 e. The number of hydrogen-bond donors (Lipinski definition) is 1. The first-order valence-electron chi connectivity index (χ1n) is 7.58. The molecule has 1 amide bonds. The zero-order chi connectivity index (χ0) is 17.4. The van der Waals surface area contributed by atoms with E-state index in [-0.39, 0.29) is 37.2 Å². The van der Waals surface area contributed by atoms with E-state index in [0.717, 1.165) is 0 Å². The Kier molecular flexibility index (Phi) is 6.57. The van der Waals surface area contributed by atoms with Crippen LogP contribution in [0.15, 0.2) is 48.7 Å². The summed E-state index contributed by atoms with van der Waals surface area (Å²) in [4.78, 5) is 28.3. The van der Waals surface area contributed by atoms with E-state index in [1.165, 1.54) is 24.3 Å². The van der Waals surface area contributed by atoms with Gasteiger partial charge in [0.05, 0.1) is 18.3 Å². The molecule has 126 valence electrons. The molecule has 24 heavy (non-hydrogen) atoms. The molecule has 0 aliphatic rings. The van der Waals surface area contributed by atoms with Crippen molar-refractivity contribution in [3.05, 3.63) is 65.7 Å². The quantitative estimate of drug-likeness (QED) is 0.756. The third kappa shape index (κ3) is 5.24. The van der Waals surface area contributed by atoms with Gasteiger partial charge in [-0.1, -0.05) is 6.07 Å². The highest BCUT2D eigenvalue weighted by molar-refractivity contribution is 5.97. The molecule has 5 nitrogen and oxygen atoms in total. The number of carbonyl (C=O) groups is 2. The van der Waals surface area contributed by atoms with E-state index in [1.807, 2.05) is 6.07 Å². The van der Waals surface area contributed by atoms with Gasteiger partial charge >= 0.3 is 0 Å². The normalized spacial score (nSPS) is 11.8. The molecule has 2 rings (SSSR count). The minimum absolute atomic E-state index is 0.0449. The Labute approximate surface area is 139 Å². The Balaban J connectivity index is 1.89. The van der Waals surface area contributed by atoms with Gasteiger partial charge in [0, 0.05) is 31.7 Å². The monoisotopic (exact) mass is 330 g/mol. The fraction of sp³-hybridized carbons (Fsp3) is 0.278. The first-order chi connectivity index (χ1) is 11.6. The van der Waals surface area contributed by atoms with Gasteiger partial charge in [0.2, 0.25) is 5.91 Å². The van der Waals surface area contributed by atoms with E-state index >= 15 is 0 Å². The summed E-state index contributed by atoms with van der Waals surface area (Å²) >= 11 is 0. The molecule has 1 heterocycles. The Bertz CT molecular complexity index is 674. The van der Waals surface area contributed by atoms with Gasteiger partial charge in [-0.25, -0.2) is 4.39 Å². The standard InChI is InChI=1S/C18H19FN2O3/c1-24-12-16(15-4-2-3-11-20-15)21-18(23)10-9-17(22)13-5-7-14(19)8-6-13/h2-8,11,16H,9-10,12H2,1H3,(H,21,23)/t16-/m1/s1. The Morgan fingerprint density at radius 1 is 1.17 bits per heavy atom. The number of amides is 1. The SMILES string of the molecule is COC[C@@H](NC(=O)CCC(=O)c1ccc(F)cc1)c1ccccn1. The molecule has 0 unspecified atom stereocenters. The fourth-order valence-electron chi connectivity index (χ4n) is 2.22. The van der Waals surface area contributed by atoms with Crippen molar-refractivity contribution < 1.29 is 18.7 Å². The van der Waals surface area contributed by atoms with Crippen molar-refractivity contribution in [2.45, 2.75) is 18.9 Å². The molecule has 2 aromatic rings. The van der Waals surface area contributed by atoms with Crippen LogP contribution in [0.2, 0.25) is 0 Å². The van der Waals surface area contributed by atoms with Gasteiger partial charge in [-0.05, 0) is 36.4 Å². The number of hydrogen-bond acceptors (Lipinski definition) is 4. The molecular formula is C18H19FN2O3. The zero-order valence-electron chi connectivity index (χ0n) is 13.4. The molecule has 0 aliphatic carbocycles. The van der Waals surface area contributed by atoms with Crippen molar-refractivity contribution in [2.75, 3.05) is 13.7 Å². The van der Waals surface area contributed by atoms with Crippen LogP contribution >= 0.6 is 0 Å². The van der Waals surface area contributed by atoms with E-state index in [0.29, 0.717) is 11.3 Å². The van der Waals surface area contributed by atoms with Crippen molar-refractivity contribution in [1.82, 2.24) is 10.3 Å². The molecule has 0 saturated carbocycles. The van der Waals surface area contributed by atoms with Crippen LogP contribution in [0.5, 0.6) is 0 Å². The number of ketones is 1. The van der Waals surface area contributed by atoms with Gasteiger partial charge in [0.15, 0.2) is 5.78 Å². The highest BCUT2D eigenvalue weighted by atomic mass is 19.1. The molecular weight excluding hydrogens is 311 g/mol. The number of pyridine rings is 1. The van der Waals surface area contributed by atoms with Gasteiger partial charge in [-0.3, -0.25) is 14.6 Å². The Morgan fingerprint density at radius 2 is 1.92 bits per heavy atom. The lowest BCUT2D eigenvalue weighted by Gasteiger charge is -2.17. The lowest BCUT2D eigenvalue weighted by atomic mass is 10.1. The van der Waals surface area contributed by atoms with Crippen LogP contribution in [0.25, 0.3) is 0 Å². The highest BCUT2D eigenvalue weighted by Gasteiger charge is 2.16.